The van der Waals surface area contributed by atoms with E-state index < -0.39 is 5.91 Å². The maximum absolute atomic E-state index is 11.9. The molecule has 2 rings (SSSR count). The Morgan fingerprint density at radius 3 is 2.82 bits per heavy atom. The summed E-state index contributed by atoms with van der Waals surface area (Å²) in [5, 5.41) is 11.9. The van der Waals surface area contributed by atoms with Crippen LogP contribution in [0.2, 0.25) is 5.02 Å². The lowest BCUT2D eigenvalue weighted by molar-refractivity contribution is -0.118. The highest BCUT2D eigenvalue weighted by molar-refractivity contribution is 6.31. The Kier molecular flexibility index (Phi) is 5.12. The Bertz CT molecular complexity index is 753. The van der Waals surface area contributed by atoms with Gasteiger partial charge in [0.1, 0.15) is 11.8 Å². The van der Waals surface area contributed by atoms with E-state index in [-0.39, 0.29) is 6.61 Å². The Morgan fingerprint density at radius 1 is 1.32 bits per heavy atom. The van der Waals surface area contributed by atoms with Crippen LogP contribution in [0, 0.1) is 11.3 Å². The predicted molar refractivity (Wildman–Crippen MR) is 82.1 cm³/mol. The van der Waals surface area contributed by atoms with E-state index in [4.69, 9.17) is 21.6 Å². The molecule has 22 heavy (non-hydrogen) atoms. The molecule has 0 aliphatic rings. The fraction of sp³-hybridized carbons (Fsp3) is 0.0625. The van der Waals surface area contributed by atoms with Crippen LogP contribution in [0.25, 0.3) is 0 Å². The number of amides is 1. The predicted octanol–water partition coefficient (Wildman–Crippen LogP) is 3.04. The summed E-state index contributed by atoms with van der Waals surface area (Å²) in [6.07, 6.45) is 0.651. The van der Waals surface area contributed by atoms with Gasteiger partial charge in [-0.25, -0.2) is 0 Å². The first-order chi connectivity index (χ1) is 10.6. The van der Waals surface area contributed by atoms with Gasteiger partial charge in [-0.05, 0) is 30.3 Å². The van der Waals surface area contributed by atoms with Crippen LogP contribution in [-0.2, 0) is 4.79 Å². The molecule has 6 heteroatoms. The molecule has 0 unspecified atom stereocenters. The minimum atomic E-state index is -0.459. The summed E-state index contributed by atoms with van der Waals surface area (Å²) in [4.78, 5) is 22.7. The molecular weight excluding hydrogens is 304 g/mol. The quantitative estimate of drug-likeness (QED) is 0.860. The van der Waals surface area contributed by atoms with Crippen molar-refractivity contribution in [2.75, 3.05) is 11.9 Å². The topological polar surface area (TPSA) is 79.2 Å². The third kappa shape index (κ3) is 3.84. The summed E-state index contributed by atoms with van der Waals surface area (Å²) in [7, 11) is 0. The number of benzene rings is 2. The lowest BCUT2D eigenvalue weighted by Gasteiger charge is -2.10. The number of nitriles is 1. The number of rotatable bonds is 5. The largest absolute Gasteiger partial charge is 0.483 e. The standard InChI is InChI=1S/C16H11ClN2O3/c17-13-6-5-11(8-18)14(7-13)19-16(21)10-22-15-4-2-1-3-12(15)9-20/h1-7,9H,10H2,(H,19,21). The van der Waals surface area contributed by atoms with E-state index in [2.05, 4.69) is 5.32 Å². The molecule has 2 aromatic carbocycles. The molecule has 0 aliphatic heterocycles. The summed E-state index contributed by atoms with van der Waals surface area (Å²) in [5.41, 5.74) is 0.967. The van der Waals surface area contributed by atoms with Crippen molar-refractivity contribution < 1.29 is 14.3 Å². The Balaban J connectivity index is 2.04. The van der Waals surface area contributed by atoms with Crippen LogP contribution in [0.1, 0.15) is 15.9 Å². The lowest BCUT2D eigenvalue weighted by Crippen LogP contribution is -2.21. The second kappa shape index (κ2) is 7.25. The Labute approximate surface area is 132 Å². The van der Waals surface area contributed by atoms with Gasteiger partial charge in [0, 0.05) is 5.02 Å². The molecule has 1 amide bonds. The number of carbonyl (C=O) groups is 2. The zero-order valence-electron chi connectivity index (χ0n) is 11.4. The molecule has 1 N–H and O–H groups in total. The van der Waals surface area contributed by atoms with Gasteiger partial charge in [0.25, 0.3) is 5.91 Å². The average Bonchev–Trinajstić information content (AvgIpc) is 2.53. The van der Waals surface area contributed by atoms with E-state index in [1.807, 2.05) is 6.07 Å². The monoisotopic (exact) mass is 314 g/mol. The van der Waals surface area contributed by atoms with Crippen molar-refractivity contribution in [2.24, 2.45) is 0 Å². The number of hydrogen-bond donors (Lipinski definition) is 1. The highest BCUT2D eigenvalue weighted by atomic mass is 35.5. The Hall–Kier alpha value is -2.84. The first-order valence-electron chi connectivity index (χ1n) is 6.30. The molecule has 5 nitrogen and oxygen atoms in total. The maximum Gasteiger partial charge on any atom is 0.262 e. The molecule has 110 valence electrons. The molecule has 0 spiro atoms. The van der Waals surface area contributed by atoms with Crippen LogP contribution in [0.5, 0.6) is 5.75 Å². The molecular formula is C16H11ClN2O3. The molecule has 2 aromatic rings. The van der Waals surface area contributed by atoms with E-state index in [1.165, 1.54) is 12.1 Å². The van der Waals surface area contributed by atoms with Gasteiger partial charge in [-0.15, -0.1) is 0 Å². The molecule has 0 heterocycles. The fourth-order valence-electron chi connectivity index (χ4n) is 1.76. The van der Waals surface area contributed by atoms with Gasteiger partial charge in [0.05, 0.1) is 16.8 Å². The number of para-hydroxylation sites is 1. The number of carbonyl (C=O) groups excluding carboxylic acids is 2. The van der Waals surface area contributed by atoms with Crippen LogP contribution in [-0.4, -0.2) is 18.8 Å². The van der Waals surface area contributed by atoms with E-state index >= 15 is 0 Å². The van der Waals surface area contributed by atoms with Crippen molar-refractivity contribution in [1.82, 2.24) is 0 Å². The number of aldehydes is 1. The van der Waals surface area contributed by atoms with Crippen molar-refractivity contribution in [3.8, 4) is 11.8 Å². The molecule has 0 aliphatic carbocycles. The summed E-state index contributed by atoms with van der Waals surface area (Å²) in [5.74, 6) is -0.140. The van der Waals surface area contributed by atoms with Crippen LogP contribution in [0.15, 0.2) is 42.5 Å². The van der Waals surface area contributed by atoms with Crippen LogP contribution < -0.4 is 10.1 Å². The van der Waals surface area contributed by atoms with Gasteiger partial charge in [-0.3, -0.25) is 9.59 Å². The summed E-state index contributed by atoms with van der Waals surface area (Å²) < 4.78 is 5.31. The Morgan fingerprint density at radius 2 is 2.09 bits per heavy atom. The van der Waals surface area contributed by atoms with E-state index in [1.54, 1.807) is 30.3 Å². The van der Waals surface area contributed by atoms with Gasteiger partial charge >= 0.3 is 0 Å². The minimum Gasteiger partial charge on any atom is -0.483 e. The summed E-state index contributed by atoms with van der Waals surface area (Å²) >= 11 is 5.84. The minimum absolute atomic E-state index is 0.289. The van der Waals surface area contributed by atoms with Gasteiger partial charge in [0.15, 0.2) is 12.9 Å². The van der Waals surface area contributed by atoms with Crippen molar-refractivity contribution in [3.05, 3.63) is 58.6 Å². The van der Waals surface area contributed by atoms with E-state index in [9.17, 15) is 9.59 Å². The highest BCUT2D eigenvalue weighted by Crippen LogP contribution is 2.20. The zero-order chi connectivity index (χ0) is 15.9. The number of halogens is 1. The van der Waals surface area contributed by atoms with Crippen LogP contribution in [0.3, 0.4) is 0 Å². The smallest absolute Gasteiger partial charge is 0.262 e. The van der Waals surface area contributed by atoms with Gasteiger partial charge in [-0.2, -0.15) is 5.26 Å². The molecule has 0 bridgehead atoms. The molecule has 0 aromatic heterocycles. The van der Waals surface area contributed by atoms with Gasteiger partial charge < -0.3 is 10.1 Å². The molecule has 0 saturated heterocycles. The number of ether oxygens (including phenoxy) is 1. The second-order valence-electron chi connectivity index (χ2n) is 4.29. The molecule has 0 atom stereocenters. The first kappa shape index (κ1) is 15.5. The maximum atomic E-state index is 11.9. The van der Waals surface area contributed by atoms with Gasteiger partial charge in [0.2, 0.25) is 0 Å². The van der Waals surface area contributed by atoms with Crippen molar-refractivity contribution in [2.45, 2.75) is 0 Å². The SMILES string of the molecule is N#Cc1ccc(Cl)cc1NC(=O)COc1ccccc1C=O. The number of nitrogens with one attached hydrogen (secondary N) is 1. The lowest BCUT2D eigenvalue weighted by atomic mass is 10.2. The van der Waals surface area contributed by atoms with Crippen molar-refractivity contribution >= 4 is 29.5 Å². The number of nitrogens with zero attached hydrogens (tertiary/aromatic N) is 1. The van der Waals surface area contributed by atoms with E-state index in [0.29, 0.717) is 33.9 Å². The second-order valence-corrected chi connectivity index (χ2v) is 4.73. The summed E-state index contributed by atoms with van der Waals surface area (Å²) in [6.45, 7) is -0.289. The normalized spacial score (nSPS) is 9.64. The molecule has 0 radical (unpaired) electrons. The third-order valence-electron chi connectivity index (χ3n) is 2.78. The third-order valence-corrected chi connectivity index (χ3v) is 3.02. The molecule has 0 saturated carbocycles. The first-order valence-corrected chi connectivity index (χ1v) is 6.68. The molecule has 0 fully saturated rings. The van der Waals surface area contributed by atoms with Crippen molar-refractivity contribution in [3.63, 3.8) is 0 Å². The number of hydrogen-bond acceptors (Lipinski definition) is 4. The fourth-order valence-corrected chi connectivity index (χ4v) is 1.93. The highest BCUT2D eigenvalue weighted by Gasteiger charge is 2.09. The van der Waals surface area contributed by atoms with Crippen LogP contribution in [0.4, 0.5) is 5.69 Å². The number of anilines is 1. The zero-order valence-corrected chi connectivity index (χ0v) is 12.1. The van der Waals surface area contributed by atoms with Crippen LogP contribution >= 0.6 is 11.6 Å². The van der Waals surface area contributed by atoms with E-state index in [0.717, 1.165) is 0 Å². The van der Waals surface area contributed by atoms with Crippen molar-refractivity contribution in [1.29, 1.82) is 5.26 Å². The average molecular weight is 315 g/mol. The van der Waals surface area contributed by atoms with Gasteiger partial charge in [-0.1, -0.05) is 23.7 Å². The summed E-state index contributed by atoms with van der Waals surface area (Å²) in [6, 6.07) is 13.1.